The third-order valence-corrected chi connectivity index (χ3v) is 5.13. The zero-order chi connectivity index (χ0) is 19.2. The average molecular weight is 378 g/mol. The van der Waals surface area contributed by atoms with Crippen LogP contribution in [0, 0.1) is 5.92 Å². The van der Waals surface area contributed by atoms with Crippen LogP contribution in [0.3, 0.4) is 0 Å². The molecule has 4 nitrogen and oxygen atoms in total. The predicted octanol–water partition coefficient (Wildman–Crippen LogP) is 5.13. The molecule has 0 spiro atoms. The molecule has 0 aliphatic rings. The van der Waals surface area contributed by atoms with E-state index >= 15 is 0 Å². The van der Waals surface area contributed by atoms with Crippen LogP contribution in [0.15, 0.2) is 72.1 Å². The molecule has 138 valence electrons. The summed E-state index contributed by atoms with van der Waals surface area (Å²) in [5.74, 6) is -0.0134. The minimum Gasteiger partial charge on any atom is -0.345 e. The quantitative estimate of drug-likeness (QED) is 0.625. The number of carbonyl (C=O) groups is 2. The maximum absolute atomic E-state index is 12.7. The van der Waals surface area contributed by atoms with Crippen molar-refractivity contribution in [3.8, 4) is 0 Å². The van der Waals surface area contributed by atoms with E-state index in [1.807, 2.05) is 41.8 Å². The molecule has 0 aliphatic heterocycles. The molecule has 3 aromatic rings. The molecule has 1 heterocycles. The standard InChI is InChI=1S/C22H22N2O2S/c1-15(2)20(16-7-4-3-5-8-16)24-21(25)17-10-12-18(13-11-17)23-22(26)19-9-6-14-27-19/h3-15,20H,1-2H3,(H,23,26)(H,24,25). The van der Waals surface area contributed by atoms with Crippen molar-refractivity contribution in [2.75, 3.05) is 5.32 Å². The topological polar surface area (TPSA) is 58.2 Å². The van der Waals surface area contributed by atoms with Crippen LogP contribution in [-0.2, 0) is 0 Å². The van der Waals surface area contributed by atoms with E-state index in [4.69, 9.17) is 0 Å². The van der Waals surface area contributed by atoms with Gasteiger partial charge in [-0.05, 0) is 47.2 Å². The summed E-state index contributed by atoms with van der Waals surface area (Å²) < 4.78 is 0. The van der Waals surface area contributed by atoms with E-state index < -0.39 is 0 Å². The Bertz CT molecular complexity index is 888. The van der Waals surface area contributed by atoms with Gasteiger partial charge in [-0.25, -0.2) is 0 Å². The number of hydrogen-bond donors (Lipinski definition) is 2. The van der Waals surface area contributed by atoms with Gasteiger partial charge in [-0.3, -0.25) is 9.59 Å². The number of thiophene rings is 1. The summed E-state index contributed by atoms with van der Waals surface area (Å²) >= 11 is 1.39. The van der Waals surface area contributed by atoms with Gasteiger partial charge in [-0.15, -0.1) is 11.3 Å². The molecule has 0 fully saturated rings. The van der Waals surface area contributed by atoms with Crippen LogP contribution in [0.25, 0.3) is 0 Å². The van der Waals surface area contributed by atoms with Gasteiger partial charge in [0.05, 0.1) is 10.9 Å². The monoisotopic (exact) mass is 378 g/mol. The van der Waals surface area contributed by atoms with E-state index in [-0.39, 0.29) is 23.8 Å². The molecule has 2 amide bonds. The first-order chi connectivity index (χ1) is 13.0. The van der Waals surface area contributed by atoms with Crippen molar-refractivity contribution >= 4 is 28.8 Å². The number of nitrogens with one attached hydrogen (secondary N) is 2. The fourth-order valence-corrected chi connectivity index (χ4v) is 3.44. The van der Waals surface area contributed by atoms with Crippen LogP contribution < -0.4 is 10.6 Å². The Morgan fingerprint density at radius 1 is 0.852 bits per heavy atom. The highest BCUT2D eigenvalue weighted by molar-refractivity contribution is 7.12. The summed E-state index contributed by atoms with van der Waals surface area (Å²) in [5.41, 5.74) is 2.31. The van der Waals surface area contributed by atoms with E-state index in [2.05, 4.69) is 24.5 Å². The summed E-state index contributed by atoms with van der Waals surface area (Å²) in [6.45, 7) is 4.17. The number of anilines is 1. The summed E-state index contributed by atoms with van der Waals surface area (Å²) in [7, 11) is 0. The largest absolute Gasteiger partial charge is 0.345 e. The molecule has 0 saturated heterocycles. The first-order valence-electron chi connectivity index (χ1n) is 8.85. The van der Waals surface area contributed by atoms with Crippen molar-refractivity contribution in [3.63, 3.8) is 0 Å². The van der Waals surface area contributed by atoms with E-state index in [1.54, 1.807) is 30.3 Å². The zero-order valence-electron chi connectivity index (χ0n) is 15.3. The molecule has 5 heteroatoms. The van der Waals surface area contributed by atoms with Crippen LogP contribution in [0.5, 0.6) is 0 Å². The van der Waals surface area contributed by atoms with Gasteiger partial charge in [0.1, 0.15) is 0 Å². The summed E-state index contributed by atoms with van der Waals surface area (Å²) in [5, 5.41) is 7.80. The second kappa shape index (κ2) is 8.64. The lowest BCUT2D eigenvalue weighted by molar-refractivity contribution is 0.0925. The Hall–Kier alpha value is -2.92. The number of hydrogen-bond acceptors (Lipinski definition) is 3. The molecule has 0 bridgehead atoms. The van der Waals surface area contributed by atoms with Gasteiger partial charge in [-0.2, -0.15) is 0 Å². The highest BCUT2D eigenvalue weighted by Crippen LogP contribution is 2.22. The van der Waals surface area contributed by atoms with Crippen molar-refractivity contribution in [3.05, 3.63) is 88.1 Å². The van der Waals surface area contributed by atoms with Gasteiger partial charge in [0.2, 0.25) is 0 Å². The molecular weight excluding hydrogens is 356 g/mol. The van der Waals surface area contributed by atoms with E-state index in [1.165, 1.54) is 11.3 Å². The molecule has 0 saturated carbocycles. The van der Waals surface area contributed by atoms with Crippen LogP contribution in [0.2, 0.25) is 0 Å². The Kier molecular flexibility index (Phi) is 6.04. The third-order valence-electron chi connectivity index (χ3n) is 4.26. The third kappa shape index (κ3) is 4.83. The van der Waals surface area contributed by atoms with Gasteiger partial charge >= 0.3 is 0 Å². The van der Waals surface area contributed by atoms with Crippen LogP contribution in [0.4, 0.5) is 5.69 Å². The van der Waals surface area contributed by atoms with Gasteiger partial charge < -0.3 is 10.6 Å². The highest BCUT2D eigenvalue weighted by atomic mass is 32.1. The number of rotatable bonds is 6. The Morgan fingerprint density at radius 3 is 2.15 bits per heavy atom. The van der Waals surface area contributed by atoms with Crippen LogP contribution in [-0.4, -0.2) is 11.8 Å². The first kappa shape index (κ1) is 18.9. The molecule has 1 unspecified atom stereocenters. The molecule has 2 aromatic carbocycles. The molecule has 27 heavy (non-hydrogen) atoms. The van der Waals surface area contributed by atoms with E-state index in [0.29, 0.717) is 16.1 Å². The molecular formula is C22H22N2O2S. The minimum absolute atomic E-state index is 0.0584. The number of amides is 2. The molecule has 3 rings (SSSR count). The Morgan fingerprint density at radius 2 is 1.56 bits per heavy atom. The average Bonchev–Trinajstić information content (AvgIpc) is 3.22. The predicted molar refractivity (Wildman–Crippen MR) is 110 cm³/mol. The van der Waals surface area contributed by atoms with Gasteiger partial charge in [0.15, 0.2) is 0 Å². The number of carbonyl (C=O) groups excluding carboxylic acids is 2. The normalized spacial score (nSPS) is 11.8. The van der Waals surface area contributed by atoms with Gasteiger partial charge in [0, 0.05) is 11.3 Å². The highest BCUT2D eigenvalue weighted by Gasteiger charge is 2.19. The SMILES string of the molecule is CC(C)C(NC(=O)c1ccc(NC(=O)c2cccs2)cc1)c1ccccc1. The van der Waals surface area contributed by atoms with Crippen molar-refractivity contribution in [2.24, 2.45) is 5.92 Å². The number of benzene rings is 2. The molecule has 1 aromatic heterocycles. The van der Waals surface area contributed by atoms with Gasteiger partial charge in [0.25, 0.3) is 11.8 Å². The lowest BCUT2D eigenvalue weighted by Gasteiger charge is -2.23. The Balaban J connectivity index is 1.67. The maximum Gasteiger partial charge on any atom is 0.265 e. The summed E-state index contributed by atoms with van der Waals surface area (Å²) in [4.78, 5) is 25.4. The van der Waals surface area contributed by atoms with Crippen molar-refractivity contribution in [1.29, 1.82) is 0 Å². The van der Waals surface area contributed by atoms with Crippen LogP contribution >= 0.6 is 11.3 Å². The smallest absolute Gasteiger partial charge is 0.265 e. The van der Waals surface area contributed by atoms with Crippen LogP contribution in [0.1, 0.15) is 45.5 Å². The molecule has 0 radical (unpaired) electrons. The fraction of sp³-hybridized carbons (Fsp3) is 0.182. The lowest BCUT2D eigenvalue weighted by atomic mass is 9.95. The first-order valence-corrected chi connectivity index (χ1v) is 9.73. The molecule has 0 aliphatic carbocycles. The van der Waals surface area contributed by atoms with Gasteiger partial charge in [-0.1, -0.05) is 50.2 Å². The lowest BCUT2D eigenvalue weighted by Crippen LogP contribution is -2.31. The van der Waals surface area contributed by atoms with Crippen molar-refractivity contribution in [2.45, 2.75) is 19.9 Å². The summed E-state index contributed by atoms with van der Waals surface area (Å²) in [6, 6.07) is 20.4. The molecule has 2 N–H and O–H groups in total. The Labute approximate surface area is 163 Å². The van der Waals surface area contributed by atoms with E-state index in [0.717, 1.165) is 5.56 Å². The summed E-state index contributed by atoms with van der Waals surface area (Å²) in [6.07, 6.45) is 0. The van der Waals surface area contributed by atoms with Crippen molar-refractivity contribution in [1.82, 2.24) is 5.32 Å². The maximum atomic E-state index is 12.7. The second-order valence-electron chi connectivity index (χ2n) is 6.61. The van der Waals surface area contributed by atoms with E-state index in [9.17, 15) is 9.59 Å². The minimum atomic E-state index is -0.147. The second-order valence-corrected chi connectivity index (χ2v) is 7.56. The molecule has 1 atom stereocenters. The van der Waals surface area contributed by atoms with Crippen molar-refractivity contribution < 1.29 is 9.59 Å². The fourth-order valence-electron chi connectivity index (χ4n) is 2.83. The zero-order valence-corrected chi connectivity index (χ0v) is 16.1.